The average molecular weight is 484 g/mol. The minimum atomic E-state index is -1.31. The van der Waals surface area contributed by atoms with Crippen molar-refractivity contribution in [1.29, 1.82) is 0 Å². The van der Waals surface area contributed by atoms with Crippen LogP contribution in [0.5, 0.6) is 5.75 Å². The summed E-state index contributed by atoms with van der Waals surface area (Å²) in [5.74, 6) is -6.88. The molecule has 2 atom stereocenters. The molecular formula is C23H21Cl2F2NO4. The largest absolute Gasteiger partial charge is 0.503 e. The van der Waals surface area contributed by atoms with Gasteiger partial charge in [-0.15, -0.1) is 0 Å². The van der Waals surface area contributed by atoms with Crippen LogP contribution < -0.4 is 0 Å². The van der Waals surface area contributed by atoms with Crippen LogP contribution in [0.4, 0.5) is 8.78 Å². The molecule has 32 heavy (non-hydrogen) atoms. The molecule has 3 aromatic rings. The summed E-state index contributed by atoms with van der Waals surface area (Å²) in [7, 11) is 0. The van der Waals surface area contributed by atoms with Gasteiger partial charge in [0, 0.05) is 22.7 Å². The van der Waals surface area contributed by atoms with Gasteiger partial charge in [-0.25, -0.2) is 8.78 Å². The summed E-state index contributed by atoms with van der Waals surface area (Å²) in [6, 6.07) is 4.96. The number of nitrogens with zero attached hydrogens (tertiary/aromatic N) is 1. The van der Waals surface area contributed by atoms with Gasteiger partial charge in [0.2, 0.25) is 0 Å². The number of aromatic hydroxyl groups is 1. The number of rotatable bonds is 6. The van der Waals surface area contributed by atoms with Gasteiger partial charge in [-0.1, -0.05) is 43.5 Å². The molecule has 0 aliphatic carbocycles. The molecule has 0 aliphatic heterocycles. The fraction of sp³-hybridized carbons (Fsp3) is 0.304. The SMILES string of the molecule is CCC(C)C[C@H](C(=O)O)c1c(C)n(C(=O)c2ccc(Cl)c(Cl)c2)c2cc(F)c(O)c(F)c12. The molecule has 0 radical (unpaired) electrons. The van der Waals surface area contributed by atoms with Gasteiger partial charge in [-0.2, -0.15) is 0 Å². The lowest BCUT2D eigenvalue weighted by Gasteiger charge is -2.18. The van der Waals surface area contributed by atoms with E-state index in [9.17, 15) is 24.2 Å². The number of carboxylic acids is 1. The molecule has 5 nitrogen and oxygen atoms in total. The van der Waals surface area contributed by atoms with E-state index in [1.807, 2.05) is 13.8 Å². The standard InChI is InChI=1S/C23H21Cl2F2NO4/c1-4-10(2)7-13(23(31)32)18-11(3)28(17-9-16(26)21(29)20(27)19(17)18)22(30)12-5-6-14(24)15(25)8-12/h5-6,8-10,13,29H,4,7H2,1-3H3,(H,31,32)/t10?,13-/m0/s1. The zero-order chi connectivity index (χ0) is 23.9. The van der Waals surface area contributed by atoms with Crippen LogP contribution in [-0.2, 0) is 4.79 Å². The highest BCUT2D eigenvalue weighted by molar-refractivity contribution is 6.42. The number of aliphatic carboxylic acids is 1. The summed E-state index contributed by atoms with van der Waals surface area (Å²) < 4.78 is 30.4. The maximum atomic E-state index is 15.1. The summed E-state index contributed by atoms with van der Waals surface area (Å²) in [6.07, 6.45) is 0.858. The zero-order valence-corrected chi connectivity index (χ0v) is 19.1. The Labute approximate surface area is 193 Å². The molecule has 1 aromatic heterocycles. The van der Waals surface area contributed by atoms with Crippen LogP contribution in [0.15, 0.2) is 24.3 Å². The van der Waals surface area contributed by atoms with E-state index in [1.165, 1.54) is 25.1 Å². The normalized spacial score (nSPS) is 13.3. The van der Waals surface area contributed by atoms with Crippen molar-refractivity contribution in [3.63, 3.8) is 0 Å². The summed E-state index contributed by atoms with van der Waals surface area (Å²) in [5.41, 5.74) is 0.0649. The van der Waals surface area contributed by atoms with Crippen molar-refractivity contribution in [3.05, 3.63) is 62.8 Å². The van der Waals surface area contributed by atoms with Crippen molar-refractivity contribution in [2.75, 3.05) is 0 Å². The molecule has 9 heteroatoms. The predicted octanol–water partition coefficient (Wildman–Crippen LogP) is 6.53. The van der Waals surface area contributed by atoms with Gasteiger partial charge < -0.3 is 10.2 Å². The monoisotopic (exact) mass is 483 g/mol. The predicted molar refractivity (Wildman–Crippen MR) is 119 cm³/mol. The van der Waals surface area contributed by atoms with Crippen molar-refractivity contribution in [1.82, 2.24) is 4.57 Å². The Balaban J connectivity index is 2.37. The Bertz CT molecular complexity index is 1240. The molecule has 1 heterocycles. The number of benzene rings is 2. The number of halogens is 4. The van der Waals surface area contributed by atoms with E-state index in [0.717, 1.165) is 10.6 Å². The third kappa shape index (κ3) is 4.07. The first kappa shape index (κ1) is 24.0. The summed E-state index contributed by atoms with van der Waals surface area (Å²) in [6.45, 7) is 5.22. The smallest absolute Gasteiger partial charge is 0.311 e. The Hall–Kier alpha value is -2.64. The molecular weight excluding hydrogens is 463 g/mol. The molecule has 170 valence electrons. The van der Waals surface area contributed by atoms with E-state index < -0.39 is 35.2 Å². The maximum Gasteiger partial charge on any atom is 0.311 e. The molecule has 0 saturated heterocycles. The van der Waals surface area contributed by atoms with E-state index in [-0.39, 0.29) is 50.1 Å². The molecule has 3 rings (SSSR count). The number of phenols is 1. The first-order valence-corrected chi connectivity index (χ1v) is 10.7. The topological polar surface area (TPSA) is 79.5 Å². The van der Waals surface area contributed by atoms with E-state index in [4.69, 9.17) is 23.2 Å². The van der Waals surface area contributed by atoms with Gasteiger partial charge in [-0.05, 0) is 43.0 Å². The fourth-order valence-corrected chi connectivity index (χ4v) is 4.17. The number of fused-ring (bicyclic) bond motifs is 1. The number of carbonyl (C=O) groups excluding carboxylic acids is 1. The number of aromatic nitrogens is 1. The van der Waals surface area contributed by atoms with Gasteiger partial charge in [0.05, 0.1) is 21.5 Å². The molecule has 2 aromatic carbocycles. The second-order valence-electron chi connectivity index (χ2n) is 7.82. The number of phenolic OH excluding ortho intramolecular Hbond substituents is 1. The van der Waals surface area contributed by atoms with Gasteiger partial charge in [0.25, 0.3) is 5.91 Å². The quantitative estimate of drug-likeness (QED) is 0.417. The minimum absolute atomic E-state index is 0.0169. The Kier molecular flexibility index (Phi) is 6.81. The van der Waals surface area contributed by atoms with E-state index in [1.54, 1.807) is 0 Å². The highest BCUT2D eigenvalue weighted by Crippen LogP contribution is 2.41. The second-order valence-corrected chi connectivity index (χ2v) is 8.64. The third-order valence-corrected chi connectivity index (χ3v) is 6.50. The lowest BCUT2D eigenvalue weighted by atomic mass is 9.86. The number of hydrogen-bond donors (Lipinski definition) is 2. The van der Waals surface area contributed by atoms with Crippen molar-refractivity contribution in [3.8, 4) is 5.75 Å². The molecule has 0 spiro atoms. The van der Waals surface area contributed by atoms with Crippen molar-refractivity contribution in [2.24, 2.45) is 5.92 Å². The molecule has 0 bridgehead atoms. The highest BCUT2D eigenvalue weighted by atomic mass is 35.5. The molecule has 2 N–H and O–H groups in total. The average Bonchev–Trinajstić information content (AvgIpc) is 3.02. The van der Waals surface area contributed by atoms with E-state index in [0.29, 0.717) is 6.42 Å². The van der Waals surface area contributed by atoms with Crippen LogP contribution in [0.25, 0.3) is 10.9 Å². The van der Waals surface area contributed by atoms with Crippen molar-refractivity contribution < 1.29 is 28.6 Å². The van der Waals surface area contributed by atoms with Crippen LogP contribution in [0.3, 0.4) is 0 Å². The molecule has 0 aliphatic rings. The molecule has 0 saturated carbocycles. The first-order valence-electron chi connectivity index (χ1n) is 9.93. The van der Waals surface area contributed by atoms with Gasteiger partial charge in [0.15, 0.2) is 17.4 Å². The minimum Gasteiger partial charge on any atom is -0.503 e. The van der Waals surface area contributed by atoms with Crippen LogP contribution >= 0.6 is 23.2 Å². The highest BCUT2D eigenvalue weighted by Gasteiger charge is 2.33. The lowest BCUT2D eigenvalue weighted by Crippen LogP contribution is -2.18. The Morgan fingerprint density at radius 2 is 1.81 bits per heavy atom. The first-order chi connectivity index (χ1) is 15.0. The van der Waals surface area contributed by atoms with E-state index >= 15 is 4.39 Å². The van der Waals surface area contributed by atoms with Crippen LogP contribution in [0.1, 0.15) is 54.2 Å². The van der Waals surface area contributed by atoms with Crippen molar-refractivity contribution in [2.45, 2.75) is 39.5 Å². The van der Waals surface area contributed by atoms with Gasteiger partial charge in [0.1, 0.15) is 0 Å². The number of carbonyl (C=O) groups is 2. The van der Waals surface area contributed by atoms with Crippen LogP contribution in [-0.4, -0.2) is 26.7 Å². The van der Waals surface area contributed by atoms with Crippen LogP contribution in [0, 0.1) is 24.5 Å². The fourth-order valence-electron chi connectivity index (χ4n) is 3.87. The van der Waals surface area contributed by atoms with Crippen molar-refractivity contribution >= 4 is 46.0 Å². The summed E-state index contributed by atoms with van der Waals surface area (Å²) >= 11 is 11.9. The number of carboxylic acid groups (broad SMARTS) is 1. The Morgan fingerprint density at radius 1 is 1.16 bits per heavy atom. The summed E-state index contributed by atoms with van der Waals surface area (Å²) in [5, 5.41) is 19.8. The van der Waals surface area contributed by atoms with Gasteiger partial charge >= 0.3 is 5.97 Å². The van der Waals surface area contributed by atoms with Gasteiger partial charge in [-0.3, -0.25) is 14.2 Å². The molecule has 0 fully saturated rings. The Morgan fingerprint density at radius 3 is 2.38 bits per heavy atom. The molecule has 0 amide bonds. The third-order valence-electron chi connectivity index (χ3n) is 5.76. The lowest BCUT2D eigenvalue weighted by molar-refractivity contribution is -0.139. The molecule has 1 unspecified atom stereocenters. The van der Waals surface area contributed by atoms with E-state index in [2.05, 4.69) is 0 Å². The maximum absolute atomic E-state index is 15.1. The van der Waals surface area contributed by atoms with Crippen LogP contribution in [0.2, 0.25) is 10.0 Å². The zero-order valence-electron chi connectivity index (χ0n) is 17.5. The number of hydrogen-bond acceptors (Lipinski definition) is 3. The second kappa shape index (κ2) is 9.08. The summed E-state index contributed by atoms with van der Waals surface area (Å²) in [4.78, 5) is 25.5.